The van der Waals surface area contributed by atoms with Gasteiger partial charge in [0.2, 0.25) is 0 Å². The fourth-order valence-electron chi connectivity index (χ4n) is 3.11. The molecule has 2 N–H and O–H groups in total. The summed E-state index contributed by atoms with van der Waals surface area (Å²) in [5.74, 6) is 1.34. The molecule has 26 heavy (non-hydrogen) atoms. The number of methoxy groups -OCH3 is 1. The number of fused-ring (bicyclic) bond motifs is 1. The number of nitrogens with one attached hydrogen (secondary N) is 2. The third-order valence-corrected chi connectivity index (χ3v) is 4.32. The molecule has 0 saturated heterocycles. The highest BCUT2D eigenvalue weighted by Gasteiger charge is 2.25. The van der Waals surface area contributed by atoms with Gasteiger partial charge in [-0.05, 0) is 6.42 Å². The molecule has 1 aliphatic rings. The van der Waals surface area contributed by atoms with Gasteiger partial charge < -0.3 is 10.1 Å². The van der Waals surface area contributed by atoms with Crippen molar-refractivity contribution in [2.24, 2.45) is 0 Å². The van der Waals surface area contributed by atoms with Gasteiger partial charge in [0.15, 0.2) is 11.5 Å². The van der Waals surface area contributed by atoms with Crippen LogP contribution in [-0.2, 0) is 24.3 Å². The van der Waals surface area contributed by atoms with E-state index in [-0.39, 0.29) is 11.9 Å². The van der Waals surface area contributed by atoms with Crippen LogP contribution in [0.2, 0.25) is 0 Å². The van der Waals surface area contributed by atoms with Crippen molar-refractivity contribution in [2.45, 2.75) is 32.0 Å². The summed E-state index contributed by atoms with van der Waals surface area (Å²) in [4.78, 5) is 17.1. The van der Waals surface area contributed by atoms with Gasteiger partial charge >= 0.3 is 0 Å². The van der Waals surface area contributed by atoms with Gasteiger partial charge in [0, 0.05) is 25.1 Å². The molecule has 3 heterocycles. The molecule has 0 spiro atoms. The zero-order chi connectivity index (χ0) is 17.9. The van der Waals surface area contributed by atoms with E-state index in [9.17, 15) is 4.79 Å². The normalized spacial score (nSPS) is 16.3. The number of aromatic amines is 1. The third kappa shape index (κ3) is 3.21. The van der Waals surface area contributed by atoms with Crippen LogP contribution < -0.4 is 5.32 Å². The Kier molecular flexibility index (Phi) is 4.44. The van der Waals surface area contributed by atoms with Gasteiger partial charge in [0.1, 0.15) is 18.1 Å². The molecule has 1 atom stereocenters. The van der Waals surface area contributed by atoms with Gasteiger partial charge in [0.25, 0.3) is 5.91 Å². The van der Waals surface area contributed by atoms with E-state index in [1.807, 2.05) is 35.0 Å². The molecule has 1 unspecified atom stereocenters. The predicted molar refractivity (Wildman–Crippen MR) is 92.1 cm³/mol. The molecule has 0 saturated carbocycles. The van der Waals surface area contributed by atoms with Gasteiger partial charge in [0.05, 0.1) is 6.54 Å². The minimum Gasteiger partial charge on any atom is -0.377 e. The van der Waals surface area contributed by atoms with E-state index in [0.29, 0.717) is 30.4 Å². The topological polar surface area (TPSA) is 111 Å². The van der Waals surface area contributed by atoms with Crippen molar-refractivity contribution in [2.75, 3.05) is 7.11 Å². The molecule has 9 nitrogen and oxygen atoms in total. The van der Waals surface area contributed by atoms with Crippen LogP contribution in [0.5, 0.6) is 0 Å². The van der Waals surface area contributed by atoms with Crippen LogP contribution >= 0.6 is 0 Å². The lowest BCUT2D eigenvalue weighted by molar-refractivity contribution is 0.0921. The number of carbonyl (C=O) groups is 1. The average Bonchev–Trinajstić information content (AvgIpc) is 3.29. The zero-order valence-corrected chi connectivity index (χ0v) is 14.3. The Morgan fingerprint density at radius 3 is 3.00 bits per heavy atom. The molecular formula is C17H19N7O2. The number of ether oxygens (including phenoxy) is 1. The van der Waals surface area contributed by atoms with Crippen LogP contribution in [0.4, 0.5) is 0 Å². The number of rotatable bonds is 5. The first kappa shape index (κ1) is 16.4. The lowest BCUT2D eigenvalue weighted by Gasteiger charge is -2.23. The number of benzene rings is 1. The maximum atomic E-state index is 12.7. The number of hydrogen-bond acceptors (Lipinski definition) is 6. The maximum Gasteiger partial charge on any atom is 0.274 e. The quantitative estimate of drug-likeness (QED) is 0.707. The summed E-state index contributed by atoms with van der Waals surface area (Å²) >= 11 is 0. The van der Waals surface area contributed by atoms with E-state index in [4.69, 9.17) is 4.74 Å². The number of carbonyl (C=O) groups excluding carboxylic acids is 1. The summed E-state index contributed by atoms with van der Waals surface area (Å²) in [6.07, 6.45) is 1.56. The number of amides is 1. The van der Waals surface area contributed by atoms with Gasteiger partial charge in [-0.1, -0.05) is 30.3 Å². The molecule has 1 aliphatic heterocycles. The van der Waals surface area contributed by atoms with Crippen LogP contribution in [0.15, 0.2) is 30.3 Å². The van der Waals surface area contributed by atoms with Crippen LogP contribution in [0, 0.1) is 0 Å². The second kappa shape index (κ2) is 7.04. The molecule has 0 bridgehead atoms. The second-order valence-corrected chi connectivity index (χ2v) is 6.16. The van der Waals surface area contributed by atoms with Crippen LogP contribution in [-0.4, -0.2) is 49.2 Å². The summed E-state index contributed by atoms with van der Waals surface area (Å²) in [7, 11) is 1.62. The van der Waals surface area contributed by atoms with E-state index >= 15 is 0 Å². The SMILES string of the molecule is COCc1nc2n(n1)CC(NC(=O)c1n[nH]nc1-c1ccccc1)CC2. The summed E-state index contributed by atoms with van der Waals surface area (Å²) < 4.78 is 6.91. The minimum absolute atomic E-state index is 0.0348. The first-order valence-corrected chi connectivity index (χ1v) is 8.43. The number of aryl methyl sites for hydroxylation is 1. The summed E-state index contributed by atoms with van der Waals surface area (Å²) in [6.45, 7) is 0.965. The lowest BCUT2D eigenvalue weighted by atomic mass is 10.1. The van der Waals surface area contributed by atoms with Crippen molar-refractivity contribution >= 4 is 5.91 Å². The molecular weight excluding hydrogens is 334 g/mol. The standard InChI is InChI=1S/C17H19N7O2/c1-26-10-13-19-14-8-7-12(9-24(14)22-13)18-17(25)16-15(20-23-21-16)11-5-3-2-4-6-11/h2-6,12H,7-10H2,1H3,(H,18,25)(H,20,21,23). The molecule has 1 amide bonds. The molecule has 134 valence electrons. The smallest absolute Gasteiger partial charge is 0.274 e. The highest BCUT2D eigenvalue weighted by atomic mass is 16.5. The number of H-pyrrole nitrogens is 1. The second-order valence-electron chi connectivity index (χ2n) is 6.16. The molecule has 3 aromatic rings. The largest absolute Gasteiger partial charge is 0.377 e. The van der Waals surface area contributed by atoms with E-state index < -0.39 is 0 Å². The van der Waals surface area contributed by atoms with Gasteiger partial charge in [-0.15, -0.1) is 0 Å². The summed E-state index contributed by atoms with van der Waals surface area (Å²) in [5, 5.41) is 18.2. The summed E-state index contributed by atoms with van der Waals surface area (Å²) in [5.41, 5.74) is 1.68. The zero-order valence-electron chi connectivity index (χ0n) is 14.3. The Labute approximate surface area is 149 Å². The van der Waals surface area contributed by atoms with Crippen molar-refractivity contribution in [3.8, 4) is 11.3 Å². The van der Waals surface area contributed by atoms with E-state index in [1.54, 1.807) is 7.11 Å². The molecule has 0 radical (unpaired) electrons. The van der Waals surface area contributed by atoms with Crippen molar-refractivity contribution < 1.29 is 9.53 Å². The Morgan fingerprint density at radius 1 is 1.35 bits per heavy atom. The lowest BCUT2D eigenvalue weighted by Crippen LogP contribution is -2.41. The first-order valence-electron chi connectivity index (χ1n) is 8.43. The molecule has 4 rings (SSSR count). The Hall–Kier alpha value is -3.07. The van der Waals surface area contributed by atoms with Crippen molar-refractivity contribution in [1.29, 1.82) is 0 Å². The fraction of sp³-hybridized carbons (Fsp3) is 0.353. The highest BCUT2D eigenvalue weighted by Crippen LogP contribution is 2.20. The maximum absolute atomic E-state index is 12.7. The minimum atomic E-state index is -0.247. The van der Waals surface area contributed by atoms with E-state index in [2.05, 4.69) is 30.8 Å². The molecule has 0 fully saturated rings. The number of nitrogens with zero attached hydrogens (tertiary/aromatic N) is 5. The fourth-order valence-corrected chi connectivity index (χ4v) is 3.11. The highest BCUT2D eigenvalue weighted by molar-refractivity contribution is 5.98. The Morgan fingerprint density at radius 2 is 2.19 bits per heavy atom. The Bertz CT molecular complexity index is 903. The summed E-state index contributed by atoms with van der Waals surface area (Å²) in [6, 6.07) is 9.47. The van der Waals surface area contributed by atoms with Crippen LogP contribution in [0.1, 0.15) is 28.6 Å². The molecule has 2 aromatic heterocycles. The van der Waals surface area contributed by atoms with Crippen molar-refractivity contribution in [3.63, 3.8) is 0 Å². The average molecular weight is 353 g/mol. The monoisotopic (exact) mass is 353 g/mol. The van der Waals surface area contributed by atoms with Gasteiger partial charge in [-0.3, -0.25) is 4.79 Å². The van der Waals surface area contributed by atoms with E-state index in [0.717, 1.165) is 24.2 Å². The first-order chi connectivity index (χ1) is 12.7. The van der Waals surface area contributed by atoms with Gasteiger partial charge in [-0.25, -0.2) is 9.67 Å². The van der Waals surface area contributed by atoms with Gasteiger partial charge in [-0.2, -0.15) is 20.5 Å². The van der Waals surface area contributed by atoms with Crippen LogP contribution in [0.25, 0.3) is 11.3 Å². The third-order valence-electron chi connectivity index (χ3n) is 4.32. The van der Waals surface area contributed by atoms with E-state index in [1.165, 1.54) is 0 Å². The number of aromatic nitrogens is 6. The number of hydrogen-bond donors (Lipinski definition) is 2. The molecule has 0 aliphatic carbocycles. The molecule has 9 heteroatoms. The van der Waals surface area contributed by atoms with Crippen molar-refractivity contribution in [3.05, 3.63) is 47.7 Å². The predicted octanol–water partition coefficient (Wildman–Crippen LogP) is 0.954. The van der Waals surface area contributed by atoms with Crippen LogP contribution in [0.3, 0.4) is 0 Å². The van der Waals surface area contributed by atoms with Crippen molar-refractivity contribution in [1.82, 2.24) is 35.5 Å². The molecule has 1 aromatic carbocycles. The Balaban J connectivity index is 1.47.